The highest BCUT2D eigenvalue weighted by Gasteiger charge is 2.54. The minimum absolute atomic E-state index is 0.409. The number of ether oxygens (including phenoxy) is 1. The van der Waals surface area contributed by atoms with Crippen molar-refractivity contribution in [2.75, 3.05) is 6.54 Å². The van der Waals surface area contributed by atoms with Gasteiger partial charge in [-0.3, -0.25) is 5.32 Å². The zero-order valence-electron chi connectivity index (χ0n) is 6.77. The third-order valence-corrected chi connectivity index (χ3v) is 2.67. The van der Waals surface area contributed by atoms with Crippen molar-refractivity contribution in [1.82, 2.24) is 5.32 Å². The van der Waals surface area contributed by atoms with Gasteiger partial charge in [-0.1, -0.05) is 0 Å². The molecule has 2 heterocycles. The summed E-state index contributed by atoms with van der Waals surface area (Å²) < 4.78 is 5.31. The fraction of sp³-hybridized carbons (Fsp3) is 1.00. The van der Waals surface area contributed by atoms with Gasteiger partial charge in [-0.05, 0) is 6.92 Å². The van der Waals surface area contributed by atoms with Gasteiger partial charge < -0.3 is 20.1 Å². The molecular formula is C7H13NO4. The molecule has 2 aliphatic rings. The second kappa shape index (κ2) is 2.40. The van der Waals surface area contributed by atoms with Gasteiger partial charge in [0.2, 0.25) is 0 Å². The lowest BCUT2D eigenvalue weighted by molar-refractivity contribution is -0.235. The summed E-state index contributed by atoms with van der Waals surface area (Å²) in [6.07, 6.45) is -3.61. The third kappa shape index (κ3) is 0.915. The van der Waals surface area contributed by atoms with E-state index in [4.69, 9.17) is 4.74 Å². The van der Waals surface area contributed by atoms with E-state index in [2.05, 4.69) is 5.32 Å². The zero-order valence-corrected chi connectivity index (χ0v) is 6.77. The lowest BCUT2D eigenvalue weighted by Gasteiger charge is -2.40. The number of hydrogen-bond donors (Lipinski definition) is 4. The minimum atomic E-state index is -1.12. The largest absolute Gasteiger partial charge is 0.388 e. The van der Waals surface area contributed by atoms with Crippen molar-refractivity contribution in [2.45, 2.75) is 37.1 Å². The first-order valence-electron chi connectivity index (χ1n) is 4.01. The molecule has 5 heteroatoms. The fourth-order valence-corrected chi connectivity index (χ4v) is 1.80. The van der Waals surface area contributed by atoms with Gasteiger partial charge in [0.15, 0.2) is 0 Å². The number of rotatable bonds is 0. The molecule has 2 aliphatic heterocycles. The summed E-state index contributed by atoms with van der Waals surface area (Å²) in [4.78, 5) is 0. The molecule has 12 heavy (non-hydrogen) atoms. The summed E-state index contributed by atoms with van der Waals surface area (Å²) in [5, 5.41) is 31.2. The molecule has 0 radical (unpaired) electrons. The van der Waals surface area contributed by atoms with E-state index in [-0.39, 0.29) is 0 Å². The Morgan fingerprint density at radius 1 is 1.33 bits per heavy atom. The predicted octanol–water partition coefficient (Wildman–Crippen LogP) is -2.21. The highest BCUT2D eigenvalue weighted by atomic mass is 16.6. The van der Waals surface area contributed by atoms with E-state index < -0.39 is 30.1 Å². The van der Waals surface area contributed by atoms with E-state index in [1.165, 1.54) is 0 Å². The highest BCUT2D eigenvalue weighted by Crippen LogP contribution is 2.31. The first-order chi connectivity index (χ1) is 5.54. The summed E-state index contributed by atoms with van der Waals surface area (Å²) >= 11 is 0. The summed E-state index contributed by atoms with van der Waals surface area (Å²) in [5.41, 5.74) is -0.899. The third-order valence-electron chi connectivity index (χ3n) is 2.67. The lowest BCUT2D eigenvalue weighted by atomic mass is 9.95. The van der Waals surface area contributed by atoms with Crippen LogP contribution in [-0.2, 0) is 4.74 Å². The van der Waals surface area contributed by atoms with Crippen molar-refractivity contribution in [3.05, 3.63) is 0 Å². The Morgan fingerprint density at radius 3 is 2.67 bits per heavy atom. The Kier molecular flexibility index (Phi) is 1.68. The van der Waals surface area contributed by atoms with E-state index in [1.807, 2.05) is 0 Å². The van der Waals surface area contributed by atoms with Crippen LogP contribution in [0.25, 0.3) is 0 Å². The van der Waals surface area contributed by atoms with Crippen molar-refractivity contribution in [1.29, 1.82) is 0 Å². The Bertz CT molecular complexity index is 200. The molecule has 0 aliphatic carbocycles. The van der Waals surface area contributed by atoms with Crippen LogP contribution in [0.1, 0.15) is 6.92 Å². The average molecular weight is 175 g/mol. The zero-order chi connectivity index (χ0) is 8.93. The van der Waals surface area contributed by atoms with E-state index in [1.54, 1.807) is 6.92 Å². The maximum Gasteiger partial charge on any atom is 0.145 e. The van der Waals surface area contributed by atoms with Crippen LogP contribution in [0, 0.1) is 0 Å². The van der Waals surface area contributed by atoms with Crippen LogP contribution in [0.15, 0.2) is 0 Å². The Hall–Kier alpha value is -0.200. The summed E-state index contributed by atoms with van der Waals surface area (Å²) in [5.74, 6) is 0. The van der Waals surface area contributed by atoms with E-state index in [9.17, 15) is 15.3 Å². The maximum atomic E-state index is 9.50. The first kappa shape index (κ1) is 8.40. The summed E-state index contributed by atoms with van der Waals surface area (Å²) in [7, 11) is 0. The van der Waals surface area contributed by atoms with Gasteiger partial charge in [0.05, 0.1) is 0 Å². The molecule has 0 spiro atoms. The van der Waals surface area contributed by atoms with E-state index >= 15 is 0 Å². The monoisotopic (exact) mass is 175 g/mol. The standard InChI is InChI=1S/C7H13NO4/c1-7-6(11)5(10)4(9)3(12-7)2-8-7/h3-6,8-11H,2H2,1H3/t3-,4+,5+,6-,7-/m0/s1. The second-order valence-corrected chi connectivity index (χ2v) is 3.57. The number of hydrogen-bond acceptors (Lipinski definition) is 5. The molecule has 2 saturated heterocycles. The number of nitrogens with one attached hydrogen (secondary N) is 1. The quantitative estimate of drug-likeness (QED) is 0.335. The van der Waals surface area contributed by atoms with Gasteiger partial charge in [-0.2, -0.15) is 0 Å². The SMILES string of the molecule is C[C@]12NC[C@H](O1)[C@@H](O)[C@@H](O)[C@@H]2O. The molecule has 2 fully saturated rings. The van der Waals surface area contributed by atoms with Crippen LogP contribution >= 0.6 is 0 Å². The van der Waals surface area contributed by atoms with Crippen molar-refractivity contribution < 1.29 is 20.1 Å². The Morgan fingerprint density at radius 2 is 2.00 bits per heavy atom. The average Bonchev–Trinajstić information content (AvgIpc) is 2.41. The molecule has 2 bridgehead atoms. The second-order valence-electron chi connectivity index (χ2n) is 3.57. The van der Waals surface area contributed by atoms with Gasteiger partial charge in [-0.25, -0.2) is 0 Å². The van der Waals surface area contributed by atoms with Crippen LogP contribution in [0.5, 0.6) is 0 Å². The van der Waals surface area contributed by atoms with Gasteiger partial charge in [-0.15, -0.1) is 0 Å². The van der Waals surface area contributed by atoms with E-state index in [0.29, 0.717) is 6.54 Å². The van der Waals surface area contributed by atoms with Crippen molar-refractivity contribution in [3.8, 4) is 0 Å². The molecule has 4 N–H and O–H groups in total. The van der Waals surface area contributed by atoms with Crippen molar-refractivity contribution >= 4 is 0 Å². The molecule has 2 rings (SSSR count). The van der Waals surface area contributed by atoms with Gasteiger partial charge >= 0.3 is 0 Å². The lowest BCUT2D eigenvalue weighted by Crippen LogP contribution is -2.61. The highest BCUT2D eigenvalue weighted by molar-refractivity contribution is 5.03. The van der Waals surface area contributed by atoms with Crippen LogP contribution in [0.2, 0.25) is 0 Å². The minimum Gasteiger partial charge on any atom is -0.388 e. The number of aliphatic hydroxyl groups is 3. The number of aliphatic hydroxyl groups excluding tert-OH is 3. The molecule has 0 saturated carbocycles. The first-order valence-corrected chi connectivity index (χ1v) is 4.01. The van der Waals surface area contributed by atoms with Crippen molar-refractivity contribution in [3.63, 3.8) is 0 Å². The molecule has 5 nitrogen and oxygen atoms in total. The molecule has 0 amide bonds. The van der Waals surface area contributed by atoms with Crippen LogP contribution in [-0.4, -0.2) is 52.0 Å². The maximum absolute atomic E-state index is 9.50. The Labute approximate surface area is 70.0 Å². The van der Waals surface area contributed by atoms with Gasteiger partial charge in [0.25, 0.3) is 0 Å². The summed E-state index contributed by atoms with van der Waals surface area (Å²) in [6, 6.07) is 0. The van der Waals surface area contributed by atoms with Crippen LogP contribution in [0.3, 0.4) is 0 Å². The molecule has 0 aromatic rings. The number of fused-ring (bicyclic) bond motifs is 2. The molecule has 5 atom stereocenters. The van der Waals surface area contributed by atoms with Crippen LogP contribution in [0.4, 0.5) is 0 Å². The smallest absolute Gasteiger partial charge is 0.145 e. The van der Waals surface area contributed by atoms with Gasteiger partial charge in [0.1, 0.15) is 30.1 Å². The molecule has 0 aromatic carbocycles. The predicted molar refractivity (Wildman–Crippen MR) is 39.3 cm³/mol. The van der Waals surface area contributed by atoms with Crippen LogP contribution < -0.4 is 5.32 Å². The summed E-state index contributed by atoms with van der Waals surface area (Å²) in [6.45, 7) is 2.12. The molecule has 70 valence electrons. The van der Waals surface area contributed by atoms with E-state index in [0.717, 1.165) is 0 Å². The Balaban J connectivity index is 2.25. The van der Waals surface area contributed by atoms with Crippen molar-refractivity contribution in [2.24, 2.45) is 0 Å². The molecule has 0 aromatic heterocycles. The molecule has 0 unspecified atom stereocenters. The molecular weight excluding hydrogens is 162 g/mol. The fourth-order valence-electron chi connectivity index (χ4n) is 1.80. The topological polar surface area (TPSA) is 82.0 Å². The normalized spacial score (nSPS) is 59.0. The van der Waals surface area contributed by atoms with Gasteiger partial charge in [0, 0.05) is 6.54 Å².